The highest BCUT2D eigenvalue weighted by Crippen LogP contribution is 2.39. The molecule has 0 spiro atoms. The van der Waals surface area contributed by atoms with Gasteiger partial charge in [0.05, 0.1) is 6.10 Å². The van der Waals surface area contributed by atoms with Gasteiger partial charge in [0.2, 0.25) is 0 Å². The van der Waals surface area contributed by atoms with Crippen molar-refractivity contribution in [3.05, 3.63) is 48.0 Å². The van der Waals surface area contributed by atoms with Crippen LogP contribution in [0.3, 0.4) is 0 Å². The Hall–Kier alpha value is -2.49. The van der Waals surface area contributed by atoms with Gasteiger partial charge in [-0.1, -0.05) is 44.2 Å². The fourth-order valence-corrected chi connectivity index (χ4v) is 2.47. The summed E-state index contributed by atoms with van der Waals surface area (Å²) in [6, 6.07) is 13.1. The van der Waals surface area contributed by atoms with Crippen LogP contribution in [0.15, 0.2) is 42.5 Å². The number of rotatable bonds is 6. The van der Waals surface area contributed by atoms with Crippen molar-refractivity contribution in [3.63, 3.8) is 0 Å². The molecule has 0 saturated carbocycles. The smallest absolute Gasteiger partial charge is 0.490 e. The lowest BCUT2D eigenvalue weighted by atomic mass is 9.96. The van der Waals surface area contributed by atoms with E-state index in [2.05, 4.69) is 6.92 Å². The summed E-state index contributed by atoms with van der Waals surface area (Å²) in [5.41, 5.74) is 2.64. The van der Waals surface area contributed by atoms with Crippen LogP contribution in [0.5, 0.6) is 11.5 Å². The number of hydrogen-bond acceptors (Lipinski definition) is 3. The quantitative estimate of drug-likeness (QED) is 0.592. The van der Waals surface area contributed by atoms with Crippen molar-refractivity contribution in [2.45, 2.75) is 39.7 Å². The molecule has 0 aliphatic carbocycles. The summed E-state index contributed by atoms with van der Waals surface area (Å²) in [6.45, 7) is 6.11. The third-order valence-electron chi connectivity index (χ3n) is 3.75. The van der Waals surface area contributed by atoms with E-state index in [0.717, 1.165) is 28.9 Å². The van der Waals surface area contributed by atoms with Crippen molar-refractivity contribution < 1.29 is 19.4 Å². The first-order chi connectivity index (χ1) is 11.1. The van der Waals surface area contributed by atoms with Gasteiger partial charge in [-0.05, 0) is 37.5 Å². The van der Waals surface area contributed by atoms with Gasteiger partial charge in [-0.2, -0.15) is 0 Å². The second-order valence-electron chi connectivity index (χ2n) is 5.34. The molecule has 1 unspecified atom stereocenters. The van der Waals surface area contributed by atoms with Gasteiger partial charge in [0.25, 0.3) is 0 Å². The van der Waals surface area contributed by atoms with E-state index in [-0.39, 0.29) is 6.10 Å². The number of benzene rings is 2. The average Bonchev–Trinajstić information content (AvgIpc) is 2.55. The predicted molar refractivity (Wildman–Crippen MR) is 90.3 cm³/mol. The van der Waals surface area contributed by atoms with E-state index in [9.17, 15) is 4.79 Å². The lowest BCUT2D eigenvalue weighted by molar-refractivity contribution is 0.144. The molecule has 2 aromatic rings. The van der Waals surface area contributed by atoms with Gasteiger partial charge in [-0.15, -0.1) is 0 Å². The third kappa shape index (κ3) is 4.03. The summed E-state index contributed by atoms with van der Waals surface area (Å²) < 4.78 is 11.0. The summed E-state index contributed by atoms with van der Waals surface area (Å²) in [5, 5.41) is 9.00. The Morgan fingerprint density at radius 3 is 2.30 bits per heavy atom. The lowest BCUT2D eigenvalue weighted by Crippen LogP contribution is -2.12. The minimum atomic E-state index is -1.32. The van der Waals surface area contributed by atoms with Crippen molar-refractivity contribution in [1.29, 1.82) is 0 Å². The SMILES string of the molecule is CCc1c(OC(C)CC)ccc(OC(=O)O)c1-c1ccccc1. The Balaban J connectivity index is 2.60. The molecular formula is C19H22O4. The van der Waals surface area contributed by atoms with Gasteiger partial charge in [-0.3, -0.25) is 0 Å². The second kappa shape index (κ2) is 7.68. The van der Waals surface area contributed by atoms with Crippen LogP contribution in [0.4, 0.5) is 4.79 Å². The average molecular weight is 314 g/mol. The molecule has 0 radical (unpaired) electrons. The molecule has 0 bridgehead atoms. The molecule has 1 atom stereocenters. The summed E-state index contributed by atoms with van der Waals surface area (Å²) in [7, 11) is 0. The van der Waals surface area contributed by atoms with Crippen LogP contribution in [0.25, 0.3) is 11.1 Å². The normalized spacial score (nSPS) is 11.8. The number of carboxylic acid groups (broad SMARTS) is 1. The van der Waals surface area contributed by atoms with E-state index in [1.807, 2.05) is 44.2 Å². The van der Waals surface area contributed by atoms with Crippen molar-refractivity contribution in [3.8, 4) is 22.6 Å². The molecule has 0 aliphatic rings. The van der Waals surface area contributed by atoms with E-state index in [1.54, 1.807) is 12.1 Å². The molecule has 2 aromatic carbocycles. The Kier molecular flexibility index (Phi) is 5.63. The van der Waals surface area contributed by atoms with Gasteiger partial charge >= 0.3 is 6.16 Å². The van der Waals surface area contributed by atoms with Crippen LogP contribution < -0.4 is 9.47 Å². The molecule has 0 aliphatic heterocycles. The van der Waals surface area contributed by atoms with Crippen molar-refractivity contribution >= 4 is 6.16 Å². The maximum Gasteiger partial charge on any atom is 0.511 e. The summed E-state index contributed by atoms with van der Waals surface area (Å²) in [5.74, 6) is 1.11. The second-order valence-corrected chi connectivity index (χ2v) is 5.34. The lowest BCUT2D eigenvalue weighted by Gasteiger charge is -2.20. The molecule has 0 aromatic heterocycles. The molecular weight excluding hydrogens is 292 g/mol. The van der Waals surface area contributed by atoms with Crippen LogP contribution in [0, 0.1) is 0 Å². The van der Waals surface area contributed by atoms with Gasteiger partial charge in [0.15, 0.2) is 0 Å². The van der Waals surface area contributed by atoms with Crippen LogP contribution >= 0.6 is 0 Å². The summed E-state index contributed by atoms with van der Waals surface area (Å²) in [4.78, 5) is 11.0. The van der Waals surface area contributed by atoms with Gasteiger partial charge in [0.1, 0.15) is 11.5 Å². The Morgan fingerprint density at radius 2 is 1.74 bits per heavy atom. The number of hydrogen-bond donors (Lipinski definition) is 1. The first kappa shape index (κ1) is 16.9. The Morgan fingerprint density at radius 1 is 1.09 bits per heavy atom. The monoisotopic (exact) mass is 314 g/mol. The number of carbonyl (C=O) groups is 1. The fourth-order valence-electron chi connectivity index (χ4n) is 2.47. The van der Waals surface area contributed by atoms with Crippen LogP contribution in [-0.4, -0.2) is 17.4 Å². The molecule has 1 N–H and O–H groups in total. The molecule has 0 amide bonds. The largest absolute Gasteiger partial charge is 0.511 e. The first-order valence-electron chi connectivity index (χ1n) is 7.85. The van der Waals surface area contributed by atoms with Crippen LogP contribution in [0.2, 0.25) is 0 Å². The Bertz CT molecular complexity index is 665. The van der Waals surface area contributed by atoms with E-state index in [1.165, 1.54) is 0 Å². The molecule has 4 heteroatoms. The summed E-state index contributed by atoms with van der Waals surface area (Å²) in [6.07, 6.45) is 0.388. The zero-order valence-electron chi connectivity index (χ0n) is 13.7. The predicted octanol–water partition coefficient (Wildman–Crippen LogP) is 5.15. The molecule has 23 heavy (non-hydrogen) atoms. The number of ether oxygens (including phenoxy) is 2. The zero-order chi connectivity index (χ0) is 16.8. The maximum atomic E-state index is 11.0. The van der Waals surface area contributed by atoms with Crippen molar-refractivity contribution in [2.75, 3.05) is 0 Å². The molecule has 2 rings (SSSR count). The van der Waals surface area contributed by atoms with Gasteiger partial charge in [-0.25, -0.2) is 4.79 Å². The van der Waals surface area contributed by atoms with Gasteiger partial charge in [0, 0.05) is 11.1 Å². The highest BCUT2D eigenvalue weighted by molar-refractivity contribution is 5.79. The first-order valence-corrected chi connectivity index (χ1v) is 7.85. The fraction of sp³-hybridized carbons (Fsp3) is 0.316. The topological polar surface area (TPSA) is 55.8 Å². The van der Waals surface area contributed by atoms with E-state index < -0.39 is 6.16 Å². The molecule has 0 fully saturated rings. The molecule has 0 saturated heterocycles. The minimum Gasteiger partial charge on any atom is -0.490 e. The maximum absolute atomic E-state index is 11.0. The van der Waals surface area contributed by atoms with Crippen LogP contribution in [0.1, 0.15) is 32.8 Å². The van der Waals surface area contributed by atoms with Crippen LogP contribution in [-0.2, 0) is 6.42 Å². The minimum absolute atomic E-state index is 0.0927. The highest BCUT2D eigenvalue weighted by atomic mass is 16.7. The van der Waals surface area contributed by atoms with Gasteiger partial charge < -0.3 is 14.6 Å². The van der Waals surface area contributed by atoms with E-state index in [4.69, 9.17) is 14.6 Å². The van der Waals surface area contributed by atoms with E-state index >= 15 is 0 Å². The molecule has 0 heterocycles. The Labute approximate surface area is 136 Å². The highest BCUT2D eigenvalue weighted by Gasteiger charge is 2.18. The van der Waals surface area contributed by atoms with Crippen molar-refractivity contribution in [1.82, 2.24) is 0 Å². The van der Waals surface area contributed by atoms with E-state index in [0.29, 0.717) is 12.2 Å². The third-order valence-corrected chi connectivity index (χ3v) is 3.75. The molecule has 4 nitrogen and oxygen atoms in total. The van der Waals surface area contributed by atoms with Crippen molar-refractivity contribution in [2.24, 2.45) is 0 Å². The zero-order valence-corrected chi connectivity index (χ0v) is 13.7. The summed E-state index contributed by atoms with van der Waals surface area (Å²) >= 11 is 0. The molecule has 122 valence electrons. The standard InChI is InChI=1S/C19H22O4/c1-4-13(3)22-16-11-12-17(23-19(20)21)18(15(16)5-2)14-9-7-6-8-10-14/h6-13H,4-5H2,1-3H3,(H,20,21).